The van der Waals surface area contributed by atoms with Gasteiger partial charge in [0, 0.05) is 28.7 Å². The smallest absolute Gasteiger partial charge is 0.329 e. The van der Waals surface area contributed by atoms with Crippen LogP contribution >= 0.6 is 27.5 Å². The molecule has 0 amide bonds. The maximum absolute atomic E-state index is 12.3. The molecular weight excluding hydrogens is 452 g/mol. The van der Waals surface area contributed by atoms with Gasteiger partial charge in [-0.15, -0.1) is 0 Å². The van der Waals surface area contributed by atoms with Crippen molar-refractivity contribution >= 4 is 50.9 Å². The van der Waals surface area contributed by atoms with Crippen LogP contribution in [0.3, 0.4) is 0 Å². The molecule has 0 saturated carbocycles. The van der Waals surface area contributed by atoms with Crippen molar-refractivity contribution in [3.8, 4) is 5.75 Å². The predicted molar refractivity (Wildman–Crippen MR) is 112 cm³/mol. The third-order valence-electron chi connectivity index (χ3n) is 3.92. The Hall–Kier alpha value is -2.85. The standard InChI is InChI=1S/C17H16BrClN6O3/c1-9(19)5-6-25-13-14(24(2)17(28)22-15(13)27)21-16(25)23-20-8-10-7-11(18)3-4-12(10)26/h3-5,7-8,26H,6H2,1-2H3,(H,21,23)(H,22,27,28)/b9-5-,20-8-. The number of halogens is 2. The van der Waals surface area contributed by atoms with Crippen LogP contribution < -0.4 is 16.7 Å². The fourth-order valence-corrected chi connectivity index (χ4v) is 2.95. The van der Waals surface area contributed by atoms with Gasteiger partial charge >= 0.3 is 5.69 Å². The zero-order valence-corrected chi connectivity index (χ0v) is 17.2. The van der Waals surface area contributed by atoms with Gasteiger partial charge in [-0.2, -0.15) is 10.1 Å². The van der Waals surface area contributed by atoms with Crippen LogP contribution in [-0.4, -0.2) is 30.4 Å². The molecule has 0 bridgehead atoms. The van der Waals surface area contributed by atoms with Crippen molar-refractivity contribution in [2.24, 2.45) is 12.1 Å². The second-order valence-electron chi connectivity index (χ2n) is 5.90. The van der Waals surface area contributed by atoms with Crippen LogP contribution in [-0.2, 0) is 13.6 Å². The number of phenolic OH excluding ortho intramolecular Hbond substituents is 1. The first-order valence-electron chi connectivity index (χ1n) is 8.07. The van der Waals surface area contributed by atoms with Crippen LogP contribution in [0, 0.1) is 0 Å². The van der Waals surface area contributed by atoms with Crippen LogP contribution in [0.2, 0.25) is 0 Å². The Balaban J connectivity index is 2.06. The molecule has 0 atom stereocenters. The minimum absolute atomic E-state index is 0.0572. The van der Waals surface area contributed by atoms with Crippen molar-refractivity contribution in [2.45, 2.75) is 13.5 Å². The first-order valence-corrected chi connectivity index (χ1v) is 9.24. The van der Waals surface area contributed by atoms with Crippen molar-refractivity contribution in [1.82, 2.24) is 19.1 Å². The van der Waals surface area contributed by atoms with E-state index in [9.17, 15) is 14.7 Å². The van der Waals surface area contributed by atoms with Crippen LogP contribution in [0.25, 0.3) is 11.2 Å². The monoisotopic (exact) mass is 466 g/mol. The first-order chi connectivity index (χ1) is 13.3. The van der Waals surface area contributed by atoms with Gasteiger partial charge in [0.25, 0.3) is 5.56 Å². The summed E-state index contributed by atoms with van der Waals surface area (Å²) in [6, 6.07) is 4.93. The number of hydrazone groups is 1. The molecule has 2 heterocycles. The molecule has 1 aromatic carbocycles. The number of aryl methyl sites for hydroxylation is 1. The number of benzene rings is 1. The van der Waals surface area contributed by atoms with E-state index in [-0.39, 0.29) is 29.4 Å². The molecule has 0 saturated heterocycles. The molecule has 0 aliphatic carbocycles. The summed E-state index contributed by atoms with van der Waals surface area (Å²) in [5.74, 6) is 0.295. The van der Waals surface area contributed by atoms with Gasteiger partial charge in [-0.25, -0.2) is 10.2 Å². The van der Waals surface area contributed by atoms with Gasteiger partial charge in [-0.3, -0.25) is 18.9 Å². The lowest BCUT2D eigenvalue weighted by Crippen LogP contribution is -2.29. The number of hydrogen-bond acceptors (Lipinski definition) is 6. The van der Waals surface area contributed by atoms with E-state index in [1.807, 2.05) is 0 Å². The fourth-order valence-electron chi connectivity index (χ4n) is 2.50. The summed E-state index contributed by atoms with van der Waals surface area (Å²) in [6.07, 6.45) is 3.11. The van der Waals surface area contributed by atoms with E-state index in [1.165, 1.54) is 23.9 Å². The summed E-state index contributed by atoms with van der Waals surface area (Å²) in [7, 11) is 1.51. The van der Waals surface area contributed by atoms with Crippen molar-refractivity contribution in [2.75, 3.05) is 5.43 Å². The minimum atomic E-state index is -0.569. The van der Waals surface area contributed by atoms with Gasteiger partial charge in [-0.1, -0.05) is 33.6 Å². The molecule has 0 aliphatic heterocycles. The average Bonchev–Trinajstić information content (AvgIpc) is 3.00. The van der Waals surface area contributed by atoms with E-state index < -0.39 is 11.2 Å². The number of nitrogens with zero attached hydrogens (tertiary/aromatic N) is 4. The molecule has 0 unspecified atom stereocenters. The normalized spacial score (nSPS) is 12.2. The number of aromatic nitrogens is 4. The van der Waals surface area contributed by atoms with Gasteiger partial charge in [0.05, 0.1) is 6.21 Å². The summed E-state index contributed by atoms with van der Waals surface area (Å²) in [5, 5.41) is 14.5. The van der Waals surface area contributed by atoms with Gasteiger partial charge in [0.1, 0.15) is 5.75 Å². The van der Waals surface area contributed by atoms with Crippen LogP contribution in [0.15, 0.2) is 48.5 Å². The van der Waals surface area contributed by atoms with E-state index in [4.69, 9.17) is 11.6 Å². The summed E-state index contributed by atoms with van der Waals surface area (Å²) >= 11 is 9.24. The fraction of sp³-hybridized carbons (Fsp3) is 0.176. The first kappa shape index (κ1) is 19.9. The van der Waals surface area contributed by atoms with Crippen molar-refractivity contribution in [3.63, 3.8) is 0 Å². The number of anilines is 1. The van der Waals surface area contributed by atoms with Crippen molar-refractivity contribution < 1.29 is 5.11 Å². The van der Waals surface area contributed by atoms with E-state index >= 15 is 0 Å². The van der Waals surface area contributed by atoms with Crippen LogP contribution in [0.4, 0.5) is 5.95 Å². The minimum Gasteiger partial charge on any atom is -0.507 e. The number of imidazole rings is 1. The number of H-pyrrole nitrogens is 1. The van der Waals surface area contributed by atoms with Crippen molar-refractivity contribution in [3.05, 3.63) is 60.2 Å². The lowest BCUT2D eigenvalue weighted by atomic mass is 10.2. The number of phenols is 1. The van der Waals surface area contributed by atoms with E-state index in [0.717, 1.165) is 4.47 Å². The second-order valence-corrected chi connectivity index (χ2v) is 7.41. The third-order valence-corrected chi connectivity index (χ3v) is 4.57. The van der Waals surface area contributed by atoms with E-state index in [2.05, 4.69) is 36.4 Å². The topological polar surface area (TPSA) is 117 Å². The highest BCUT2D eigenvalue weighted by atomic mass is 79.9. The lowest BCUT2D eigenvalue weighted by molar-refractivity contribution is 0.474. The third kappa shape index (κ3) is 4.02. The Kier molecular flexibility index (Phi) is 5.71. The van der Waals surface area contributed by atoms with Crippen LogP contribution in [0.1, 0.15) is 12.5 Å². The molecule has 0 radical (unpaired) electrons. The Morgan fingerprint density at radius 1 is 1.46 bits per heavy atom. The molecule has 3 N–H and O–H groups in total. The van der Waals surface area contributed by atoms with Crippen LogP contribution in [0.5, 0.6) is 5.75 Å². The van der Waals surface area contributed by atoms with E-state index in [1.54, 1.807) is 29.7 Å². The van der Waals surface area contributed by atoms with Crippen molar-refractivity contribution in [1.29, 1.82) is 0 Å². The summed E-state index contributed by atoms with van der Waals surface area (Å²) in [5.41, 5.74) is 2.51. The number of nitrogens with one attached hydrogen (secondary N) is 2. The quantitative estimate of drug-likeness (QED) is 0.394. The second kappa shape index (κ2) is 8.03. The van der Waals surface area contributed by atoms with Gasteiger partial charge < -0.3 is 5.11 Å². The molecule has 28 heavy (non-hydrogen) atoms. The lowest BCUT2D eigenvalue weighted by Gasteiger charge is -2.05. The van der Waals surface area contributed by atoms with Gasteiger partial charge in [0.15, 0.2) is 11.2 Å². The average molecular weight is 468 g/mol. The molecule has 0 aliphatic rings. The number of aromatic hydroxyl groups is 1. The Labute approximate surface area is 172 Å². The van der Waals surface area contributed by atoms with E-state index in [0.29, 0.717) is 10.6 Å². The number of rotatable bonds is 5. The highest BCUT2D eigenvalue weighted by Gasteiger charge is 2.16. The molecule has 11 heteroatoms. The predicted octanol–water partition coefficient (Wildman–Crippen LogP) is 2.48. The maximum Gasteiger partial charge on any atom is 0.329 e. The molecule has 146 valence electrons. The Bertz CT molecular complexity index is 1220. The van der Waals surface area contributed by atoms with Gasteiger partial charge in [-0.05, 0) is 25.1 Å². The van der Waals surface area contributed by atoms with Gasteiger partial charge in [0.2, 0.25) is 5.95 Å². The zero-order valence-electron chi connectivity index (χ0n) is 14.9. The molecule has 0 fully saturated rings. The Morgan fingerprint density at radius 3 is 2.93 bits per heavy atom. The zero-order chi connectivity index (χ0) is 20.4. The highest BCUT2D eigenvalue weighted by Crippen LogP contribution is 2.20. The largest absolute Gasteiger partial charge is 0.507 e. The Morgan fingerprint density at radius 2 is 2.21 bits per heavy atom. The summed E-state index contributed by atoms with van der Waals surface area (Å²) in [6.45, 7) is 1.95. The maximum atomic E-state index is 12.3. The SMILES string of the molecule is C/C(Cl)=C/Cn1c(N/N=C\c2cc(Br)ccc2O)nc2c1c(=O)[nH]c(=O)n2C. The molecule has 0 spiro atoms. The molecule has 3 rings (SSSR count). The number of allylic oxidation sites excluding steroid dienone is 2. The number of aromatic amines is 1. The molecule has 9 nitrogen and oxygen atoms in total. The number of fused-ring (bicyclic) bond motifs is 1. The molecule has 2 aromatic heterocycles. The number of hydrogen-bond donors (Lipinski definition) is 3. The molecular formula is C17H16BrClN6O3. The highest BCUT2D eigenvalue weighted by molar-refractivity contribution is 9.10. The summed E-state index contributed by atoms with van der Waals surface area (Å²) < 4.78 is 3.57. The molecule has 3 aromatic rings. The summed E-state index contributed by atoms with van der Waals surface area (Å²) in [4.78, 5) is 30.7.